The Bertz CT molecular complexity index is 543. The monoisotopic (exact) mass is 310 g/mol. The average molecular weight is 310 g/mol. The summed E-state index contributed by atoms with van der Waals surface area (Å²) in [6.07, 6.45) is 3.38. The van der Waals surface area contributed by atoms with Crippen molar-refractivity contribution in [2.24, 2.45) is 0 Å². The summed E-state index contributed by atoms with van der Waals surface area (Å²) >= 11 is 0. The standard InChI is InChI=1S/C16H20F2N2O2/c1-2-11-6-3-4-9-20(11)15(22)10-14(21)19-16-12(17)7-5-8-13(16)18/h5,7-8,11H,2-4,6,9-10H2,1H3,(H,19,21). The van der Waals surface area contributed by atoms with Gasteiger partial charge in [-0.2, -0.15) is 0 Å². The summed E-state index contributed by atoms with van der Waals surface area (Å²) in [5, 5.41) is 2.14. The van der Waals surface area contributed by atoms with E-state index in [1.807, 2.05) is 6.92 Å². The Hall–Kier alpha value is -1.98. The molecule has 1 atom stereocenters. The molecule has 1 aliphatic rings. The van der Waals surface area contributed by atoms with Crippen molar-refractivity contribution in [3.05, 3.63) is 29.8 Å². The summed E-state index contributed by atoms with van der Waals surface area (Å²) in [5.74, 6) is -2.70. The number of likely N-dealkylation sites (tertiary alicyclic amines) is 1. The Labute approximate surface area is 128 Å². The average Bonchev–Trinajstić information content (AvgIpc) is 2.51. The molecule has 0 radical (unpaired) electrons. The van der Waals surface area contributed by atoms with E-state index in [9.17, 15) is 18.4 Å². The molecule has 1 unspecified atom stereocenters. The van der Waals surface area contributed by atoms with E-state index in [1.54, 1.807) is 4.90 Å². The molecule has 2 rings (SSSR count). The van der Waals surface area contributed by atoms with E-state index in [4.69, 9.17) is 0 Å². The highest BCUT2D eigenvalue weighted by Gasteiger charge is 2.26. The van der Waals surface area contributed by atoms with Gasteiger partial charge in [-0.3, -0.25) is 9.59 Å². The minimum atomic E-state index is -0.856. The topological polar surface area (TPSA) is 49.4 Å². The fourth-order valence-corrected chi connectivity index (χ4v) is 2.79. The Morgan fingerprint density at radius 3 is 2.59 bits per heavy atom. The van der Waals surface area contributed by atoms with E-state index in [1.165, 1.54) is 6.07 Å². The van der Waals surface area contributed by atoms with Crippen LogP contribution in [-0.2, 0) is 9.59 Å². The molecular formula is C16H20F2N2O2. The maximum Gasteiger partial charge on any atom is 0.233 e. The number of hydrogen-bond donors (Lipinski definition) is 1. The van der Waals surface area contributed by atoms with Crippen LogP contribution in [0.3, 0.4) is 0 Å². The van der Waals surface area contributed by atoms with Crippen LogP contribution in [0.5, 0.6) is 0 Å². The maximum atomic E-state index is 13.5. The lowest BCUT2D eigenvalue weighted by Crippen LogP contribution is -2.44. The number of amides is 2. The molecule has 1 aliphatic heterocycles. The number of rotatable bonds is 4. The largest absolute Gasteiger partial charge is 0.339 e. The van der Waals surface area contributed by atoms with Gasteiger partial charge in [-0.05, 0) is 37.8 Å². The number of carbonyl (C=O) groups is 2. The Morgan fingerprint density at radius 2 is 1.95 bits per heavy atom. The van der Waals surface area contributed by atoms with E-state index < -0.39 is 29.6 Å². The van der Waals surface area contributed by atoms with E-state index in [0.29, 0.717) is 6.54 Å². The highest BCUT2D eigenvalue weighted by Crippen LogP contribution is 2.21. The molecule has 1 fully saturated rings. The molecule has 1 aromatic carbocycles. The van der Waals surface area contributed by atoms with Gasteiger partial charge in [0.2, 0.25) is 11.8 Å². The van der Waals surface area contributed by atoms with Gasteiger partial charge in [0.25, 0.3) is 0 Å². The van der Waals surface area contributed by atoms with Crippen molar-refractivity contribution < 1.29 is 18.4 Å². The van der Waals surface area contributed by atoms with Gasteiger partial charge >= 0.3 is 0 Å². The summed E-state index contributed by atoms with van der Waals surface area (Å²) in [6, 6.07) is 3.47. The number of halogens is 2. The minimum Gasteiger partial charge on any atom is -0.339 e. The normalized spacial score (nSPS) is 18.1. The van der Waals surface area contributed by atoms with E-state index in [0.717, 1.165) is 37.8 Å². The van der Waals surface area contributed by atoms with Crippen LogP contribution >= 0.6 is 0 Å². The van der Waals surface area contributed by atoms with Crippen LogP contribution in [0.2, 0.25) is 0 Å². The molecule has 2 amide bonds. The number of nitrogens with one attached hydrogen (secondary N) is 1. The molecule has 0 aromatic heterocycles. The summed E-state index contributed by atoms with van der Waals surface area (Å²) in [5.41, 5.74) is -0.508. The van der Waals surface area contributed by atoms with Crippen LogP contribution in [0.4, 0.5) is 14.5 Å². The van der Waals surface area contributed by atoms with Gasteiger partial charge in [-0.15, -0.1) is 0 Å². The minimum absolute atomic E-state index is 0.152. The third kappa shape index (κ3) is 3.81. The van der Waals surface area contributed by atoms with Crippen molar-refractivity contribution in [3.63, 3.8) is 0 Å². The van der Waals surface area contributed by atoms with Crippen LogP contribution in [-0.4, -0.2) is 29.3 Å². The predicted molar refractivity (Wildman–Crippen MR) is 79.2 cm³/mol. The van der Waals surface area contributed by atoms with E-state index in [-0.39, 0.29) is 11.9 Å². The molecule has 1 N–H and O–H groups in total. The second kappa shape index (κ2) is 7.33. The van der Waals surface area contributed by atoms with E-state index in [2.05, 4.69) is 5.32 Å². The summed E-state index contributed by atoms with van der Waals surface area (Å²) in [7, 11) is 0. The molecule has 0 aliphatic carbocycles. The van der Waals surface area contributed by atoms with Crippen molar-refractivity contribution in [2.45, 2.75) is 45.1 Å². The van der Waals surface area contributed by atoms with Gasteiger partial charge < -0.3 is 10.2 Å². The molecule has 4 nitrogen and oxygen atoms in total. The van der Waals surface area contributed by atoms with Crippen LogP contribution in [0.25, 0.3) is 0 Å². The molecule has 1 aromatic rings. The van der Waals surface area contributed by atoms with Gasteiger partial charge in [0.1, 0.15) is 23.7 Å². The quantitative estimate of drug-likeness (QED) is 0.869. The molecule has 22 heavy (non-hydrogen) atoms. The van der Waals surface area contributed by atoms with Gasteiger partial charge in [-0.25, -0.2) is 8.78 Å². The summed E-state index contributed by atoms with van der Waals surface area (Å²) < 4.78 is 26.9. The smallest absolute Gasteiger partial charge is 0.233 e. The van der Waals surface area contributed by atoms with Crippen LogP contribution in [0, 0.1) is 11.6 Å². The highest BCUT2D eigenvalue weighted by molar-refractivity contribution is 6.03. The lowest BCUT2D eigenvalue weighted by molar-refractivity contribution is -0.137. The molecule has 120 valence electrons. The van der Waals surface area contributed by atoms with E-state index >= 15 is 0 Å². The number of hydrogen-bond acceptors (Lipinski definition) is 2. The number of piperidine rings is 1. The number of nitrogens with zero attached hydrogens (tertiary/aromatic N) is 1. The maximum absolute atomic E-state index is 13.5. The Kier molecular flexibility index (Phi) is 5.46. The van der Waals surface area contributed by atoms with Gasteiger partial charge in [0, 0.05) is 12.6 Å². The third-order valence-electron chi connectivity index (χ3n) is 3.96. The predicted octanol–water partition coefficient (Wildman–Crippen LogP) is 3.08. The Morgan fingerprint density at radius 1 is 1.27 bits per heavy atom. The first-order chi connectivity index (χ1) is 10.5. The molecule has 6 heteroatoms. The van der Waals surface area contributed by atoms with Crippen molar-refractivity contribution in [2.75, 3.05) is 11.9 Å². The zero-order valence-electron chi connectivity index (χ0n) is 12.6. The number of benzene rings is 1. The number of carbonyl (C=O) groups excluding carboxylic acids is 2. The van der Waals surface area contributed by atoms with Crippen LogP contribution in [0.1, 0.15) is 39.0 Å². The zero-order chi connectivity index (χ0) is 16.1. The van der Waals surface area contributed by atoms with Crippen molar-refractivity contribution in [1.82, 2.24) is 4.90 Å². The zero-order valence-corrected chi connectivity index (χ0v) is 12.6. The van der Waals surface area contributed by atoms with Gasteiger partial charge in [0.15, 0.2) is 0 Å². The van der Waals surface area contributed by atoms with Crippen LogP contribution in [0.15, 0.2) is 18.2 Å². The third-order valence-corrected chi connectivity index (χ3v) is 3.96. The highest BCUT2D eigenvalue weighted by atomic mass is 19.1. The second-order valence-corrected chi connectivity index (χ2v) is 5.47. The number of para-hydroxylation sites is 1. The molecule has 1 saturated heterocycles. The molecule has 0 spiro atoms. The lowest BCUT2D eigenvalue weighted by atomic mass is 9.99. The molecular weight excluding hydrogens is 290 g/mol. The first-order valence-electron chi connectivity index (χ1n) is 7.56. The number of anilines is 1. The fraction of sp³-hybridized carbons (Fsp3) is 0.500. The van der Waals surface area contributed by atoms with Crippen molar-refractivity contribution in [1.29, 1.82) is 0 Å². The Balaban J connectivity index is 1.98. The molecule has 0 saturated carbocycles. The van der Waals surface area contributed by atoms with Gasteiger partial charge in [0.05, 0.1) is 0 Å². The fourth-order valence-electron chi connectivity index (χ4n) is 2.79. The first kappa shape index (κ1) is 16.4. The SMILES string of the molecule is CCC1CCCCN1C(=O)CC(=O)Nc1c(F)cccc1F. The summed E-state index contributed by atoms with van der Waals surface area (Å²) in [4.78, 5) is 25.8. The summed E-state index contributed by atoms with van der Waals surface area (Å²) in [6.45, 7) is 2.64. The molecule has 1 heterocycles. The van der Waals surface area contributed by atoms with Gasteiger partial charge in [-0.1, -0.05) is 13.0 Å². The van der Waals surface area contributed by atoms with Crippen molar-refractivity contribution >= 4 is 17.5 Å². The molecule has 0 bridgehead atoms. The lowest BCUT2D eigenvalue weighted by Gasteiger charge is -2.35. The second-order valence-electron chi connectivity index (χ2n) is 5.47. The van der Waals surface area contributed by atoms with Crippen LogP contribution < -0.4 is 5.32 Å². The first-order valence-corrected chi connectivity index (χ1v) is 7.56. The van der Waals surface area contributed by atoms with Crippen molar-refractivity contribution in [3.8, 4) is 0 Å².